The van der Waals surface area contributed by atoms with Crippen molar-refractivity contribution in [2.45, 2.75) is 50.3 Å². The highest BCUT2D eigenvalue weighted by Gasteiger charge is 2.64. The smallest absolute Gasteiger partial charge is 0.255 e. The van der Waals surface area contributed by atoms with Gasteiger partial charge in [0.05, 0.1) is 18.7 Å². The fraction of sp³-hybridized carbons (Fsp3) is 0.567. The molecule has 41 heavy (non-hydrogen) atoms. The quantitative estimate of drug-likeness (QED) is 0.316. The lowest BCUT2D eigenvalue weighted by molar-refractivity contribution is -0.153. The number of likely N-dealkylation sites (N-methyl/N-ethyl adjacent to an activating group) is 1. The molecule has 1 aliphatic heterocycles. The Labute approximate surface area is 237 Å². The maximum Gasteiger partial charge on any atom is 0.255 e. The molecule has 3 fully saturated rings. The number of carbonyl (C=O) groups is 3. The Kier molecular flexibility index (Phi) is 6.29. The lowest BCUT2D eigenvalue weighted by atomic mass is 9.57. The largest absolute Gasteiger partial charge is 0.508 e. The van der Waals surface area contributed by atoms with Gasteiger partial charge in [0.15, 0.2) is 11.4 Å². The number of hydrogen-bond acceptors (Lipinski definition) is 10. The van der Waals surface area contributed by atoms with E-state index < -0.39 is 58.0 Å². The topological polar surface area (TPSA) is 174 Å². The van der Waals surface area contributed by atoms with Gasteiger partial charge < -0.3 is 30.9 Å². The molecule has 1 heterocycles. The summed E-state index contributed by atoms with van der Waals surface area (Å²) >= 11 is 0. The number of primary amides is 1. The Hall–Kier alpha value is -3.41. The van der Waals surface area contributed by atoms with Crippen LogP contribution in [0.4, 0.5) is 0 Å². The zero-order chi connectivity index (χ0) is 29.7. The fourth-order valence-electron chi connectivity index (χ4n) is 8.28. The lowest BCUT2D eigenvalue weighted by Crippen LogP contribution is -2.65. The van der Waals surface area contributed by atoms with E-state index >= 15 is 0 Å². The number of benzene rings is 1. The number of nitrogens with two attached hydrogens (primary N) is 1. The van der Waals surface area contributed by atoms with Gasteiger partial charge in [0.2, 0.25) is 5.78 Å². The number of aliphatic hydroxyl groups is 3. The number of rotatable bonds is 6. The highest BCUT2D eigenvalue weighted by atomic mass is 16.5. The van der Waals surface area contributed by atoms with Gasteiger partial charge in [-0.05, 0) is 70.1 Å². The van der Waals surface area contributed by atoms with Crippen molar-refractivity contribution in [2.24, 2.45) is 29.4 Å². The van der Waals surface area contributed by atoms with Crippen LogP contribution in [0.15, 0.2) is 23.0 Å². The summed E-state index contributed by atoms with van der Waals surface area (Å²) in [6, 6.07) is 0.555. The fourth-order valence-corrected chi connectivity index (χ4v) is 8.28. The van der Waals surface area contributed by atoms with E-state index in [2.05, 4.69) is 11.8 Å². The number of nitrogens with zero attached hydrogens (tertiary/aromatic N) is 2. The van der Waals surface area contributed by atoms with Gasteiger partial charge in [0, 0.05) is 35.2 Å². The van der Waals surface area contributed by atoms with Crippen molar-refractivity contribution in [3.63, 3.8) is 0 Å². The first-order valence-corrected chi connectivity index (χ1v) is 14.2. The highest BCUT2D eigenvalue weighted by molar-refractivity contribution is 6.24. The minimum Gasteiger partial charge on any atom is -0.508 e. The van der Waals surface area contributed by atoms with Gasteiger partial charge in [-0.25, -0.2) is 0 Å². The summed E-state index contributed by atoms with van der Waals surface area (Å²) in [5.41, 5.74) is 3.20. The second-order valence-corrected chi connectivity index (χ2v) is 12.4. The highest BCUT2D eigenvalue weighted by Crippen LogP contribution is 2.60. The summed E-state index contributed by atoms with van der Waals surface area (Å²) in [5, 5.41) is 45.6. The minimum absolute atomic E-state index is 0.0377. The van der Waals surface area contributed by atoms with Crippen molar-refractivity contribution >= 4 is 23.2 Å². The predicted octanol–water partition coefficient (Wildman–Crippen LogP) is 1.38. The molecule has 1 aromatic rings. The molecule has 4 aliphatic carbocycles. The van der Waals surface area contributed by atoms with E-state index in [9.17, 15) is 34.8 Å². The van der Waals surface area contributed by atoms with Crippen LogP contribution in [0, 0.1) is 23.7 Å². The summed E-state index contributed by atoms with van der Waals surface area (Å²) in [4.78, 5) is 43.4. The number of hydrogen-bond donors (Lipinski definition) is 5. The van der Waals surface area contributed by atoms with Crippen molar-refractivity contribution in [1.82, 2.24) is 9.80 Å². The second-order valence-electron chi connectivity index (χ2n) is 12.4. The van der Waals surface area contributed by atoms with Crippen LogP contribution in [0.3, 0.4) is 0 Å². The number of aromatic hydroxyl groups is 1. The molecule has 6 rings (SSSR count). The average Bonchev–Trinajstić information content (AvgIpc) is 3.56. The third-order valence-corrected chi connectivity index (χ3v) is 9.98. The molecule has 0 spiro atoms. The Balaban J connectivity index is 1.52. The summed E-state index contributed by atoms with van der Waals surface area (Å²) < 4.78 is 5.95. The molecule has 220 valence electrons. The van der Waals surface area contributed by atoms with Gasteiger partial charge in [-0.2, -0.15) is 0 Å². The molecule has 0 radical (unpaired) electrons. The number of Topliss-reactive ketones (excluding diaryl/α,β-unsaturated/α-hetero) is 2. The van der Waals surface area contributed by atoms with Crippen LogP contribution < -0.4 is 10.5 Å². The number of phenolic OH excluding ortho intramolecular Hbond substituents is 1. The molecule has 11 heteroatoms. The molecule has 0 aromatic heterocycles. The van der Waals surface area contributed by atoms with Crippen molar-refractivity contribution in [3.8, 4) is 11.5 Å². The first-order valence-electron chi connectivity index (χ1n) is 14.2. The van der Waals surface area contributed by atoms with Crippen LogP contribution >= 0.6 is 0 Å². The summed E-state index contributed by atoms with van der Waals surface area (Å²) in [5.74, 6) is -5.00. The molecule has 6 N–H and O–H groups in total. The standard InChI is InChI=1S/C30H37N3O8/c1-5-6-33-11-13-8-14(13)22(33)16-10-18(34)20-15(26(16)41-4)7-12-9-17-23(32(2)3)25(36)21(29(31)39)28(38)30(17,40)27(37)19(12)24(20)35/h10,12-14,17,22-23,34-35,38,40H,5-9,11H2,1-4H3,(H2,31,39)/t12-,13?,14?,17-,22?,23-,30-/m0/s1. The van der Waals surface area contributed by atoms with Crippen molar-refractivity contribution < 1.29 is 39.5 Å². The van der Waals surface area contributed by atoms with Crippen LogP contribution in [0.25, 0.3) is 5.76 Å². The molecule has 2 saturated carbocycles. The van der Waals surface area contributed by atoms with Crippen LogP contribution in [-0.2, 0) is 20.8 Å². The van der Waals surface area contributed by atoms with Gasteiger partial charge in [-0.1, -0.05) is 6.92 Å². The van der Waals surface area contributed by atoms with Crippen molar-refractivity contribution in [3.05, 3.63) is 39.7 Å². The number of ether oxygens (including phenoxy) is 1. The van der Waals surface area contributed by atoms with Crippen LogP contribution in [0.1, 0.15) is 48.9 Å². The van der Waals surface area contributed by atoms with E-state index in [1.54, 1.807) is 27.3 Å². The number of likely N-dealkylation sites (tertiary alicyclic amines) is 1. The predicted molar refractivity (Wildman–Crippen MR) is 147 cm³/mol. The average molecular weight is 568 g/mol. The van der Waals surface area contributed by atoms with E-state index in [0.717, 1.165) is 31.5 Å². The normalized spacial score (nSPS) is 34.4. The number of piperidine rings is 1. The van der Waals surface area contributed by atoms with E-state index in [1.165, 1.54) is 4.90 Å². The van der Waals surface area contributed by atoms with Crippen LogP contribution in [-0.4, -0.2) is 93.6 Å². The first-order chi connectivity index (χ1) is 19.4. The van der Waals surface area contributed by atoms with Gasteiger partial charge in [0.25, 0.3) is 5.91 Å². The van der Waals surface area contributed by atoms with E-state index in [4.69, 9.17) is 10.5 Å². The lowest BCUT2D eigenvalue weighted by Gasteiger charge is -2.50. The zero-order valence-corrected chi connectivity index (χ0v) is 23.7. The summed E-state index contributed by atoms with van der Waals surface area (Å²) in [7, 11) is 4.71. The number of phenols is 1. The molecule has 0 bridgehead atoms. The number of amides is 1. The summed E-state index contributed by atoms with van der Waals surface area (Å²) in [6.07, 6.45) is 2.34. The number of aliphatic hydroxyl groups excluding tert-OH is 2. The minimum atomic E-state index is -2.66. The molecule has 3 unspecified atom stereocenters. The molecule has 1 aromatic carbocycles. The summed E-state index contributed by atoms with van der Waals surface area (Å²) in [6.45, 7) is 4.03. The molecule has 1 amide bonds. The maximum atomic E-state index is 14.0. The second kappa shape index (κ2) is 9.30. The molecular formula is C30H37N3O8. The van der Waals surface area contributed by atoms with E-state index in [-0.39, 0.29) is 35.8 Å². The molecule has 7 atom stereocenters. The number of carbonyl (C=O) groups excluding carboxylic acids is 3. The zero-order valence-electron chi connectivity index (χ0n) is 23.7. The number of ketones is 2. The van der Waals surface area contributed by atoms with Crippen LogP contribution in [0.5, 0.6) is 11.5 Å². The van der Waals surface area contributed by atoms with Gasteiger partial charge in [-0.3, -0.25) is 24.2 Å². The Morgan fingerprint density at radius 3 is 2.54 bits per heavy atom. The van der Waals surface area contributed by atoms with Gasteiger partial charge in [0.1, 0.15) is 28.6 Å². The number of fused-ring (bicyclic) bond motifs is 4. The molecule has 11 nitrogen and oxygen atoms in total. The Morgan fingerprint density at radius 2 is 1.93 bits per heavy atom. The van der Waals surface area contributed by atoms with Crippen molar-refractivity contribution in [2.75, 3.05) is 34.3 Å². The van der Waals surface area contributed by atoms with Crippen LogP contribution in [0.2, 0.25) is 0 Å². The van der Waals surface area contributed by atoms with Crippen molar-refractivity contribution in [1.29, 1.82) is 0 Å². The van der Waals surface area contributed by atoms with E-state index in [0.29, 0.717) is 23.1 Å². The molecule has 1 saturated heterocycles. The Morgan fingerprint density at radius 1 is 1.22 bits per heavy atom. The maximum absolute atomic E-state index is 14.0. The molecule has 5 aliphatic rings. The SMILES string of the molecule is CCCN1CC2CC2C1c1cc(O)c2c(c1OC)C[C@H]1C[C@H]3[C@H](N(C)C)C(=O)C(C(N)=O)=C(O)[C@@]3(O)C(=O)C1=C2O. The Bertz CT molecular complexity index is 1450. The number of methoxy groups -OCH3 is 1. The first kappa shape index (κ1) is 27.7. The van der Waals surface area contributed by atoms with Gasteiger partial charge in [-0.15, -0.1) is 0 Å². The third-order valence-electron chi connectivity index (χ3n) is 9.98. The third kappa shape index (κ3) is 3.65. The monoisotopic (exact) mass is 567 g/mol. The van der Waals surface area contributed by atoms with Gasteiger partial charge >= 0.3 is 0 Å². The molecular weight excluding hydrogens is 530 g/mol. The van der Waals surface area contributed by atoms with E-state index in [1.807, 2.05) is 0 Å².